The van der Waals surface area contributed by atoms with Crippen molar-refractivity contribution in [1.82, 2.24) is 9.97 Å². The summed E-state index contributed by atoms with van der Waals surface area (Å²) in [4.78, 5) is 11.8. The fourth-order valence-electron chi connectivity index (χ4n) is 3.82. The molecular weight excluding hydrogens is 351 g/mol. The van der Waals surface area contributed by atoms with Crippen LogP contribution in [0.2, 0.25) is 0 Å². The molecule has 2 aromatic carbocycles. The Balaban J connectivity index is 1.66. The van der Waals surface area contributed by atoms with E-state index in [0.717, 1.165) is 43.0 Å². The fraction of sp³-hybridized carbons (Fsp3) is 0.304. The third kappa shape index (κ3) is 3.84. The highest BCUT2D eigenvalue weighted by molar-refractivity contribution is 5.57. The van der Waals surface area contributed by atoms with E-state index in [-0.39, 0.29) is 11.9 Å². The van der Waals surface area contributed by atoms with Crippen molar-refractivity contribution < 1.29 is 4.39 Å². The summed E-state index contributed by atoms with van der Waals surface area (Å²) in [5.74, 6) is 1.23. The van der Waals surface area contributed by atoms with Crippen LogP contribution in [0.5, 0.6) is 0 Å². The first-order valence-corrected chi connectivity index (χ1v) is 9.89. The van der Waals surface area contributed by atoms with Crippen LogP contribution in [-0.4, -0.2) is 16.5 Å². The van der Waals surface area contributed by atoms with Crippen LogP contribution >= 0.6 is 0 Å². The molecule has 4 nitrogen and oxygen atoms in total. The molecule has 144 valence electrons. The second-order valence-corrected chi connectivity index (χ2v) is 7.24. The second kappa shape index (κ2) is 7.97. The third-order valence-electron chi connectivity index (χ3n) is 5.26. The smallest absolute Gasteiger partial charge is 0.229 e. The number of hydrogen-bond acceptors (Lipinski definition) is 4. The summed E-state index contributed by atoms with van der Waals surface area (Å²) in [6.07, 6.45) is 2.92. The van der Waals surface area contributed by atoms with Crippen molar-refractivity contribution in [2.24, 2.45) is 0 Å². The van der Waals surface area contributed by atoms with Gasteiger partial charge in [-0.15, -0.1) is 0 Å². The van der Waals surface area contributed by atoms with E-state index in [4.69, 9.17) is 4.98 Å². The van der Waals surface area contributed by atoms with Crippen LogP contribution in [0.25, 0.3) is 0 Å². The molecule has 3 aromatic rings. The summed E-state index contributed by atoms with van der Waals surface area (Å²) < 4.78 is 13.2. The van der Waals surface area contributed by atoms with Gasteiger partial charge in [0.05, 0.1) is 6.04 Å². The molecule has 0 saturated carbocycles. The molecule has 0 aliphatic carbocycles. The van der Waals surface area contributed by atoms with Gasteiger partial charge in [-0.05, 0) is 55.2 Å². The summed E-state index contributed by atoms with van der Waals surface area (Å²) in [7, 11) is 0. The lowest BCUT2D eigenvalue weighted by atomic mass is 9.93. The first-order valence-electron chi connectivity index (χ1n) is 9.89. The lowest BCUT2D eigenvalue weighted by Gasteiger charge is -2.36. The maximum absolute atomic E-state index is 13.2. The summed E-state index contributed by atoms with van der Waals surface area (Å²) in [5.41, 5.74) is 4.57. The Morgan fingerprint density at radius 2 is 1.89 bits per heavy atom. The minimum absolute atomic E-state index is 0.257. The van der Waals surface area contributed by atoms with Gasteiger partial charge in [0.1, 0.15) is 11.6 Å². The third-order valence-corrected chi connectivity index (χ3v) is 5.26. The Labute approximate surface area is 165 Å². The Morgan fingerprint density at radius 1 is 1.11 bits per heavy atom. The molecule has 1 aliphatic rings. The zero-order valence-electron chi connectivity index (χ0n) is 16.3. The van der Waals surface area contributed by atoms with Crippen LogP contribution in [0.1, 0.15) is 43.1 Å². The highest BCUT2D eigenvalue weighted by atomic mass is 19.1. The average molecular weight is 376 g/mol. The molecule has 0 saturated heterocycles. The van der Waals surface area contributed by atoms with E-state index in [1.54, 1.807) is 12.1 Å². The number of nitrogens with one attached hydrogen (secondary N) is 1. The molecule has 1 aliphatic heterocycles. The molecule has 5 heteroatoms. The largest absolute Gasteiger partial charge is 0.349 e. The van der Waals surface area contributed by atoms with Gasteiger partial charge in [-0.25, -0.2) is 9.37 Å². The van der Waals surface area contributed by atoms with E-state index in [1.807, 2.05) is 0 Å². The molecule has 0 radical (unpaired) electrons. The van der Waals surface area contributed by atoms with Crippen molar-refractivity contribution in [3.05, 3.63) is 77.2 Å². The van der Waals surface area contributed by atoms with Crippen molar-refractivity contribution in [1.29, 1.82) is 0 Å². The molecule has 1 aromatic heterocycles. The van der Waals surface area contributed by atoms with Gasteiger partial charge in [0.2, 0.25) is 5.95 Å². The molecule has 1 N–H and O–H groups in total. The van der Waals surface area contributed by atoms with Crippen molar-refractivity contribution in [3.63, 3.8) is 0 Å². The van der Waals surface area contributed by atoms with Crippen LogP contribution < -0.4 is 10.2 Å². The highest BCUT2D eigenvalue weighted by Crippen LogP contribution is 2.33. The molecule has 1 unspecified atom stereocenters. The molecule has 0 fully saturated rings. The minimum atomic E-state index is -0.257. The number of anilines is 3. The monoisotopic (exact) mass is 376 g/mol. The van der Waals surface area contributed by atoms with Gasteiger partial charge in [0.15, 0.2) is 0 Å². The van der Waals surface area contributed by atoms with Crippen molar-refractivity contribution in [2.75, 3.05) is 16.8 Å². The quantitative estimate of drug-likeness (QED) is 0.644. The molecule has 0 amide bonds. The summed E-state index contributed by atoms with van der Waals surface area (Å²) in [6.45, 7) is 5.30. The minimum Gasteiger partial charge on any atom is -0.349 e. The normalized spacial score (nSPS) is 16.0. The highest BCUT2D eigenvalue weighted by Gasteiger charge is 2.25. The number of halogens is 1. The van der Waals surface area contributed by atoms with E-state index in [9.17, 15) is 4.39 Å². The van der Waals surface area contributed by atoms with E-state index in [1.165, 1.54) is 23.3 Å². The SMILES string of the molecule is CCCc1cc(N2CCc3ccccc3C2C)nc(Nc2ccc(F)cc2)n1. The van der Waals surface area contributed by atoms with Crippen LogP contribution in [0, 0.1) is 5.82 Å². The lowest BCUT2D eigenvalue weighted by Crippen LogP contribution is -2.34. The first-order chi connectivity index (χ1) is 13.6. The van der Waals surface area contributed by atoms with Crippen LogP contribution in [0.4, 0.5) is 21.8 Å². The molecule has 2 heterocycles. The molecular formula is C23H25FN4. The van der Waals surface area contributed by atoms with Gasteiger partial charge < -0.3 is 10.2 Å². The molecule has 4 rings (SSSR count). The van der Waals surface area contributed by atoms with Crippen LogP contribution in [0.15, 0.2) is 54.6 Å². The predicted molar refractivity (Wildman–Crippen MR) is 112 cm³/mol. The number of nitrogens with zero attached hydrogens (tertiary/aromatic N) is 3. The molecule has 0 spiro atoms. The van der Waals surface area contributed by atoms with Gasteiger partial charge in [0.25, 0.3) is 0 Å². The Morgan fingerprint density at radius 3 is 2.68 bits per heavy atom. The Hall–Kier alpha value is -2.95. The average Bonchev–Trinajstić information content (AvgIpc) is 2.70. The first kappa shape index (κ1) is 18.4. The van der Waals surface area contributed by atoms with Crippen LogP contribution in [-0.2, 0) is 12.8 Å². The lowest BCUT2D eigenvalue weighted by molar-refractivity contribution is 0.616. The van der Waals surface area contributed by atoms with E-state index < -0.39 is 0 Å². The standard InChI is InChI=1S/C23H25FN4/c1-3-6-20-15-22(27-23(26-20)25-19-11-9-18(24)10-12-19)28-14-13-17-7-4-5-8-21(17)16(28)2/h4-5,7-12,15-16H,3,6,13-14H2,1-2H3,(H,25,26,27). The maximum Gasteiger partial charge on any atom is 0.229 e. The number of fused-ring (bicyclic) bond motifs is 1. The predicted octanol–water partition coefficient (Wildman–Crippen LogP) is 5.44. The Kier molecular flexibility index (Phi) is 5.24. The van der Waals surface area contributed by atoms with Crippen molar-refractivity contribution in [2.45, 2.75) is 39.2 Å². The zero-order chi connectivity index (χ0) is 19.5. The summed E-state index contributed by atoms with van der Waals surface area (Å²) in [6, 6.07) is 17.3. The summed E-state index contributed by atoms with van der Waals surface area (Å²) >= 11 is 0. The molecule has 1 atom stereocenters. The van der Waals surface area contributed by atoms with Crippen LogP contribution in [0.3, 0.4) is 0 Å². The van der Waals surface area contributed by atoms with Gasteiger partial charge >= 0.3 is 0 Å². The van der Waals surface area contributed by atoms with E-state index in [2.05, 4.69) is 59.4 Å². The van der Waals surface area contributed by atoms with Gasteiger partial charge in [-0.3, -0.25) is 0 Å². The van der Waals surface area contributed by atoms with Crippen molar-refractivity contribution >= 4 is 17.5 Å². The van der Waals surface area contributed by atoms with E-state index in [0.29, 0.717) is 5.95 Å². The number of rotatable bonds is 5. The van der Waals surface area contributed by atoms with Gasteiger partial charge in [-0.1, -0.05) is 37.6 Å². The Bertz CT molecular complexity index is 955. The summed E-state index contributed by atoms with van der Waals surface area (Å²) in [5, 5.41) is 3.23. The zero-order valence-corrected chi connectivity index (χ0v) is 16.3. The number of aryl methyl sites for hydroxylation is 1. The molecule has 0 bridgehead atoms. The number of hydrogen-bond donors (Lipinski definition) is 1. The molecule has 28 heavy (non-hydrogen) atoms. The number of benzene rings is 2. The second-order valence-electron chi connectivity index (χ2n) is 7.24. The van der Waals surface area contributed by atoms with E-state index >= 15 is 0 Å². The van der Waals surface area contributed by atoms with Gasteiger partial charge in [-0.2, -0.15) is 4.98 Å². The maximum atomic E-state index is 13.2. The van der Waals surface area contributed by atoms with Crippen molar-refractivity contribution in [3.8, 4) is 0 Å². The van der Waals surface area contributed by atoms with Gasteiger partial charge in [0, 0.05) is 24.0 Å². The topological polar surface area (TPSA) is 41.1 Å². The fourth-order valence-corrected chi connectivity index (χ4v) is 3.82. The number of aromatic nitrogens is 2.